The first-order chi connectivity index (χ1) is 9.65. The highest BCUT2D eigenvalue weighted by Gasteiger charge is 2.25. The van der Waals surface area contributed by atoms with E-state index in [1.807, 2.05) is 0 Å². The van der Waals surface area contributed by atoms with Crippen LogP contribution in [0.3, 0.4) is 0 Å². The van der Waals surface area contributed by atoms with Crippen molar-refractivity contribution in [3.05, 3.63) is 23.8 Å². The molecular formula is C15H21NO4. The summed E-state index contributed by atoms with van der Waals surface area (Å²) in [5.74, 6) is -0.0208. The van der Waals surface area contributed by atoms with E-state index >= 15 is 0 Å². The Balaban J connectivity index is 2.17. The number of benzene rings is 1. The third-order valence-corrected chi connectivity index (χ3v) is 3.65. The molecule has 1 fully saturated rings. The molecule has 1 aliphatic rings. The van der Waals surface area contributed by atoms with Gasteiger partial charge in [0.2, 0.25) is 0 Å². The van der Waals surface area contributed by atoms with E-state index in [4.69, 9.17) is 19.9 Å². The molecule has 0 aliphatic heterocycles. The number of hydrogen-bond acceptors (Lipinski definition) is 5. The van der Waals surface area contributed by atoms with E-state index in [9.17, 15) is 4.79 Å². The first kappa shape index (κ1) is 14.7. The summed E-state index contributed by atoms with van der Waals surface area (Å²) in [5.41, 5.74) is 6.75. The van der Waals surface area contributed by atoms with Gasteiger partial charge in [-0.2, -0.15) is 0 Å². The first-order valence-corrected chi connectivity index (χ1v) is 6.82. The lowest BCUT2D eigenvalue weighted by atomic mass is 9.95. The number of nitrogens with two attached hydrogens (primary N) is 1. The van der Waals surface area contributed by atoms with Crippen LogP contribution in [0.1, 0.15) is 36.0 Å². The van der Waals surface area contributed by atoms with Gasteiger partial charge in [-0.3, -0.25) is 0 Å². The minimum Gasteiger partial charge on any atom is -0.487 e. The first-order valence-electron chi connectivity index (χ1n) is 6.82. The van der Waals surface area contributed by atoms with Gasteiger partial charge in [0.05, 0.1) is 18.9 Å². The van der Waals surface area contributed by atoms with Crippen LogP contribution in [0.2, 0.25) is 0 Å². The molecule has 0 aromatic heterocycles. The minimum atomic E-state index is -0.439. The number of carbonyl (C=O) groups excluding carboxylic acids is 1. The summed E-state index contributed by atoms with van der Waals surface area (Å²) in [5, 5.41) is 0. The molecule has 20 heavy (non-hydrogen) atoms. The summed E-state index contributed by atoms with van der Waals surface area (Å²) >= 11 is 0. The van der Waals surface area contributed by atoms with Crippen molar-refractivity contribution in [3.63, 3.8) is 0 Å². The summed E-state index contributed by atoms with van der Waals surface area (Å²) in [7, 11) is 3.06. The standard InChI is InChI=1S/C15H21NO4/c1-18-10-5-3-6-11(9-10)20-14-12(15(17)19-2)7-4-8-13(14)16/h4,7-8,10-11H,3,5-6,9,16H2,1-2H3. The molecular weight excluding hydrogens is 258 g/mol. The molecule has 1 saturated carbocycles. The van der Waals surface area contributed by atoms with E-state index in [2.05, 4.69) is 0 Å². The topological polar surface area (TPSA) is 70.8 Å². The molecule has 2 unspecified atom stereocenters. The van der Waals surface area contributed by atoms with Gasteiger partial charge in [-0.25, -0.2) is 4.79 Å². The maximum atomic E-state index is 11.8. The molecule has 0 bridgehead atoms. The van der Waals surface area contributed by atoms with Crippen LogP contribution in [0, 0.1) is 0 Å². The van der Waals surface area contributed by atoms with Crippen LogP contribution in [0.15, 0.2) is 18.2 Å². The molecule has 2 N–H and O–H groups in total. The normalized spacial score (nSPS) is 22.3. The van der Waals surface area contributed by atoms with Crippen molar-refractivity contribution in [3.8, 4) is 5.75 Å². The Morgan fingerprint density at radius 2 is 2.00 bits per heavy atom. The van der Waals surface area contributed by atoms with Crippen molar-refractivity contribution in [1.29, 1.82) is 0 Å². The van der Waals surface area contributed by atoms with Crippen LogP contribution in [0.4, 0.5) is 5.69 Å². The van der Waals surface area contributed by atoms with Crippen LogP contribution in [0.5, 0.6) is 5.75 Å². The number of nitrogen functional groups attached to an aromatic ring is 1. The van der Waals surface area contributed by atoms with E-state index in [1.165, 1.54) is 7.11 Å². The highest BCUT2D eigenvalue weighted by molar-refractivity contribution is 5.94. The second-order valence-electron chi connectivity index (χ2n) is 4.98. The van der Waals surface area contributed by atoms with Gasteiger partial charge >= 0.3 is 5.97 Å². The SMILES string of the molecule is COC(=O)c1cccc(N)c1OC1CCCC(OC)C1. The molecule has 1 aromatic carbocycles. The Kier molecular flexibility index (Phi) is 4.84. The van der Waals surface area contributed by atoms with Gasteiger partial charge in [0.1, 0.15) is 11.7 Å². The van der Waals surface area contributed by atoms with Gasteiger partial charge in [0.25, 0.3) is 0 Å². The molecule has 2 atom stereocenters. The average Bonchev–Trinajstić information content (AvgIpc) is 2.48. The fourth-order valence-corrected chi connectivity index (χ4v) is 2.55. The zero-order chi connectivity index (χ0) is 14.5. The molecule has 0 spiro atoms. The third-order valence-electron chi connectivity index (χ3n) is 3.65. The van der Waals surface area contributed by atoms with Crippen LogP contribution in [-0.4, -0.2) is 32.4 Å². The summed E-state index contributed by atoms with van der Waals surface area (Å²) in [6.45, 7) is 0. The lowest BCUT2D eigenvalue weighted by molar-refractivity contribution is 0.0205. The molecule has 0 amide bonds. The number of carbonyl (C=O) groups is 1. The van der Waals surface area contributed by atoms with Crippen molar-refractivity contribution in [2.24, 2.45) is 0 Å². The molecule has 0 heterocycles. The molecule has 110 valence electrons. The molecule has 1 aromatic rings. The van der Waals surface area contributed by atoms with Gasteiger partial charge in [-0.05, 0) is 31.4 Å². The maximum absolute atomic E-state index is 11.8. The van der Waals surface area contributed by atoms with Gasteiger partial charge in [0.15, 0.2) is 5.75 Å². The largest absolute Gasteiger partial charge is 0.487 e. The van der Waals surface area contributed by atoms with Crippen molar-refractivity contribution < 1.29 is 19.0 Å². The summed E-state index contributed by atoms with van der Waals surface area (Å²) in [4.78, 5) is 11.8. The lowest BCUT2D eigenvalue weighted by Gasteiger charge is -2.29. The van der Waals surface area contributed by atoms with Crippen LogP contribution in [0.25, 0.3) is 0 Å². The lowest BCUT2D eigenvalue weighted by Crippen LogP contribution is -2.30. The van der Waals surface area contributed by atoms with E-state index < -0.39 is 5.97 Å². The second-order valence-corrected chi connectivity index (χ2v) is 4.98. The Hall–Kier alpha value is -1.75. The van der Waals surface area contributed by atoms with E-state index in [-0.39, 0.29) is 12.2 Å². The molecule has 0 saturated heterocycles. The number of para-hydroxylation sites is 1. The van der Waals surface area contributed by atoms with E-state index in [0.717, 1.165) is 25.7 Å². The Morgan fingerprint density at radius 3 is 2.70 bits per heavy atom. The van der Waals surface area contributed by atoms with Crippen molar-refractivity contribution in [2.45, 2.75) is 37.9 Å². The number of methoxy groups -OCH3 is 2. The quantitative estimate of drug-likeness (QED) is 0.677. The van der Waals surface area contributed by atoms with Crippen molar-refractivity contribution >= 4 is 11.7 Å². The summed E-state index contributed by atoms with van der Waals surface area (Å²) in [6.07, 6.45) is 4.07. The Morgan fingerprint density at radius 1 is 1.25 bits per heavy atom. The Bertz CT molecular complexity index is 475. The van der Waals surface area contributed by atoms with Gasteiger partial charge in [0, 0.05) is 13.5 Å². The zero-order valence-corrected chi connectivity index (χ0v) is 11.9. The monoisotopic (exact) mass is 279 g/mol. The van der Waals surface area contributed by atoms with Gasteiger partial charge in [-0.1, -0.05) is 6.07 Å². The van der Waals surface area contributed by atoms with Crippen molar-refractivity contribution in [1.82, 2.24) is 0 Å². The number of ether oxygens (including phenoxy) is 3. The number of esters is 1. The Labute approximate surface area is 119 Å². The predicted octanol–water partition coefficient (Wildman–Crippen LogP) is 2.39. The van der Waals surface area contributed by atoms with Crippen LogP contribution >= 0.6 is 0 Å². The summed E-state index contributed by atoms with van der Waals surface area (Å²) in [6, 6.07) is 5.10. The highest BCUT2D eigenvalue weighted by atomic mass is 16.5. The predicted molar refractivity (Wildman–Crippen MR) is 75.9 cm³/mol. The van der Waals surface area contributed by atoms with Crippen LogP contribution in [-0.2, 0) is 9.47 Å². The fraction of sp³-hybridized carbons (Fsp3) is 0.533. The molecule has 5 heteroatoms. The number of hydrogen-bond donors (Lipinski definition) is 1. The van der Waals surface area contributed by atoms with E-state index in [1.54, 1.807) is 25.3 Å². The minimum absolute atomic E-state index is 0.0156. The smallest absolute Gasteiger partial charge is 0.341 e. The highest BCUT2D eigenvalue weighted by Crippen LogP contribution is 2.32. The molecule has 2 rings (SSSR count). The molecule has 5 nitrogen and oxygen atoms in total. The van der Waals surface area contributed by atoms with E-state index in [0.29, 0.717) is 17.0 Å². The number of anilines is 1. The third kappa shape index (κ3) is 3.22. The fourth-order valence-electron chi connectivity index (χ4n) is 2.55. The van der Waals surface area contributed by atoms with Gasteiger partial charge in [-0.15, -0.1) is 0 Å². The average molecular weight is 279 g/mol. The van der Waals surface area contributed by atoms with Crippen molar-refractivity contribution in [2.75, 3.05) is 20.0 Å². The molecule has 1 aliphatic carbocycles. The molecule has 0 radical (unpaired) electrons. The number of rotatable bonds is 4. The maximum Gasteiger partial charge on any atom is 0.341 e. The van der Waals surface area contributed by atoms with Crippen LogP contribution < -0.4 is 10.5 Å². The summed E-state index contributed by atoms with van der Waals surface area (Å²) < 4.78 is 16.1. The van der Waals surface area contributed by atoms with Gasteiger partial charge < -0.3 is 19.9 Å². The zero-order valence-electron chi connectivity index (χ0n) is 11.9. The second kappa shape index (κ2) is 6.61.